The standard InChI is InChI=1S/C16H18O3S/c1-2-18-16(17)12-20-10-9-19-15-8-7-13-5-3-4-6-14(13)11-15/h3-8,11H,2,9-10,12H2,1H3. The molecule has 3 nitrogen and oxygen atoms in total. The molecule has 0 saturated carbocycles. The second kappa shape index (κ2) is 7.80. The third-order valence-corrected chi connectivity index (χ3v) is 3.64. The molecule has 106 valence electrons. The van der Waals surface area contributed by atoms with E-state index in [2.05, 4.69) is 18.2 Å². The monoisotopic (exact) mass is 290 g/mol. The number of hydrogen-bond donors (Lipinski definition) is 0. The van der Waals surface area contributed by atoms with Crippen molar-refractivity contribution in [3.05, 3.63) is 42.5 Å². The molecule has 0 spiro atoms. The van der Waals surface area contributed by atoms with Gasteiger partial charge in [-0.05, 0) is 29.8 Å². The van der Waals surface area contributed by atoms with Crippen molar-refractivity contribution >= 4 is 28.5 Å². The second-order valence-electron chi connectivity index (χ2n) is 4.22. The van der Waals surface area contributed by atoms with Gasteiger partial charge in [-0.25, -0.2) is 0 Å². The number of fused-ring (bicyclic) bond motifs is 1. The second-order valence-corrected chi connectivity index (χ2v) is 5.32. The Morgan fingerprint density at radius 2 is 1.95 bits per heavy atom. The molecule has 0 atom stereocenters. The van der Waals surface area contributed by atoms with Gasteiger partial charge in [0.2, 0.25) is 0 Å². The molecule has 0 N–H and O–H groups in total. The van der Waals surface area contributed by atoms with Gasteiger partial charge in [0.1, 0.15) is 5.75 Å². The maximum Gasteiger partial charge on any atom is 0.315 e. The maximum absolute atomic E-state index is 11.1. The molecule has 0 aliphatic carbocycles. The fourth-order valence-electron chi connectivity index (χ4n) is 1.83. The molecule has 0 aliphatic rings. The number of carbonyl (C=O) groups excluding carboxylic acids is 1. The third-order valence-electron chi connectivity index (χ3n) is 2.74. The molecule has 20 heavy (non-hydrogen) atoms. The van der Waals surface area contributed by atoms with E-state index in [0.29, 0.717) is 19.0 Å². The Labute approximate surface area is 123 Å². The minimum Gasteiger partial charge on any atom is -0.493 e. The van der Waals surface area contributed by atoms with Crippen LogP contribution in [-0.2, 0) is 9.53 Å². The van der Waals surface area contributed by atoms with Crippen molar-refractivity contribution < 1.29 is 14.3 Å². The van der Waals surface area contributed by atoms with Gasteiger partial charge in [-0.3, -0.25) is 4.79 Å². The summed E-state index contributed by atoms with van der Waals surface area (Å²) in [4.78, 5) is 11.1. The van der Waals surface area contributed by atoms with Crippen molar-refractivity contribution in [2.24, 2.45) is 0 Å². The third kappa shape index (κ3) is 4.46. The van der Waals surface area contributed by atoms with Crippen LogP contribution in [0.3, 0.4) is 0 Å². The zero-order valence-corrected chi connectivity index (χ0v) is 12.3. The highest BCUT2D eigenvalue weighted by atomic mass is 32.2. The number of ether oxygens (including phenoxy) is 2. The zero-order valence-electron chi connectivity index (χ0n) is 11.5. The smallest absolute Gasteiger partial charge is 0.315 e. The molecule has 0 aliphatic heterocycles. The molecular weight excluding hydrogens is 272 g/mol. The first kappa shape index (κ1) is 14.7. The Kier molecular flexibility index (Phi) is 5.74. The normalized spacial score (nSPS) is 10.4. The molecule has 0 amide bonds. The van der Waals surface area contributed by atoms with E-state index in [1.165, 1.54) is 22.5 Å². The molecule has 0 aromatic heterocycles. The zero-order chi connectivity index (χ0) is 14.2. The van der Waals surface area contributed by atoms with Gasteiger partial charge < -0.3 is 9.47 Å². The highest BCUT2D eigenvalue weighted by Crippen LogP contribution is 2.20. The fraction of sp³-hybridized carbons (Fsp3) is 0.312. The summed E-state index contributed by atoms with van der Waals surface area (Å²) >= 11 is 1.52. The quantitative estimate of drug-likeness (QED) is 0.577. The molecule has 0 unspecified atom stereocenters. The van der Waals surface area contributed by atoms with Gasteiger partial charge >= 0.3 is 5.97 Å². The fourth-order valence-corrected chi connectivity index (χ4v) is 2.43. The lowest BCUT2D eigenvalue weighted by atomic mass is 10.1. The van der Waals surface area contributed by atoms with Gasteiger partial charge in [-0.15, -0.1) is 11.8 Å². The van der Waals surface area contributed by atoms with Crippen LogP contribution in [0.4, 0.5) is 0 Å². The SMILES string of the molecule is CCOC(=O)CSCCOc1ccc2ccccc2c1. The summed E-state index contributed by atoms with van der Waals surface area (Å²) in [7, 11) is 0. The Morgan fingerprint density at radius 1 is 1.15 bits per heavy atom. The summed E-state index contributed by atoms with van der Waals surface area (Å²) in [6.07, 6.45) is 0. The van der Waals surface area contributed by atoms with Gasteiger partial charge in [0.05, 0.1) is 19.0 Å². The van der Waals surface area contributed by atoms with Crippen molar-refractivity contribution in [3.8, 4) is 5.75 Å². The van der Waals surface area contributed by atoms with Crippen LogP contribution in [0.15, 0.2) is 42.5 Å². The van der Waals surface area contributed by atoms with Crippen LogP contribution in [0, 0.1) is 0 Å². The van der Waals surface area contributed by atoms with Crippen LogP contribution in [0.25, 0.3) is 10.8 Å². The average molecular weight is 290 g/mol. The summed E-state index contributed by atoms with van der Waals surface area (Å²) in [6, 6.07) is 14.2. The van der Waals surface area contributed by atoms with Gasteiger partial charge in [-0.1, -0.05) is 30.3 Å². The van der Waals surface area contributed by atoms with Crippen molar-refractivity contribution in [2.75, 3.05) is 24.7 Å². The van der Waals surface area contributed by atoms with E-state index in [1.54, 1.807) is 0 Å². The molecule has 2 aromatic rings. The first-order valence-corrected chi connectivity index (χ1v) is 7.80. The number of rotatable bonds is 7. The van der Waals surface area contributed by atoms with Crippen molar-refractivity contribution in [3.63, 3.8) is 0 Å². The van der Waals surface area contributed by atoms with Crippen LogP contribution in [-0.4, -0.2) is 30.7 Å². The predicted octanol–water partition coefficient (Wildman–Crippen LogP) is 3.51. The summed E-state index contributed by atoms with van der Waals surface area (Å²) in [6.45, 7) is 2.83. The minimum absolute atomic E-state index is 0.164. The Bertz CT molecular complexity index is 568. The number of esters is 1. The predicted molar refractivity (Wildman–Crippen MR) is 83.4 cm³/mol. The molecule has 0 radical (unpaired) electrons. The topological polar surface area (TPSA) is 35.5 Å². The van der Waals surface area contributed by atoms with E-state index >= 15 is 0 Å². The molecule has 2 rings (SSSR count). The van der Waals surface area contributed by atoms with Gasteiger partial charge in [0.25, 0.3) is 0 Å². The molecule has 0 heterocycles. The molecule has 4 heteroatoms. The Balaban J connectivity index is 1.74. The summed E-state index contributed by atoms with van der Waals surface area (Å²) in [5, 5.41) is 2.38. The Morgan fingerprint density at radius 3 is 2.75 bits per heavy atom. The highest BCUT2D eigenvalue weighted by Gasteiger charge is 2.01. The number of thioether (sulfide) groups is 1. The van der Waals surface area contributed by atoms with Crippen LogP contribution < -0.4 is 4.74 Å². The maximum atomic E-state index is 11.1. The lowest BCUT2D eigenvalue weighted by molar-refractivity contribution is -0.139. The highest BCUT2D eigenvalue weighted by molar-refractivity contribution is 7.99. The molecule has 0 fully saturated rings. The van der Waals surface area contributed by atoms with E-state index in [0.717, 1.165) is 11.5 Å². The average Bonchev–Trinajstić information content (AvgIpc) is 2.47. The molecular formula is C16H18O3S. The van der Waals surface area contributed by atoms with Crippen molar-refractivity contribution in [1.29, 1.82) is 0 Å². The molecule has 0 bridgehead atoms. The van der Waals surface area contributed by atoms with Crippen LogP contribution >= 0.6 is 11.8 Å². The van der Waals surface area contributed by atoms with Crippen molar-refractivity contribution in [2.45, 2.75) is 6.92 Å². The largest absolute Gasteiger partial charge is 0.493 e. The minimum atomic E-state index is -0.164. The van der Waals surface area contributed by atoms with E-state index < -0.39 is 0 Å². The van der Waals surface area contributed by atoms with E-state index in [4.69, 9.17) is 9.47 Å². The first-order valence-electron chi connectivity index (χ1n) is 6.64. The van der Waals surface area contributed by atoms with Gasteiger partial charge in [-0.2, -0.15) is 0 Å². The van der Waals surface area contributed by atoms with Gasteiger partial charge in [0.15, 0.2) is 0 Å². The Hall–Kier alpha value is -1.68. The summed E-state index contributed by atoms with van der Waals surface area (Å²) < 4.78 is 10.5. The lowest BCUT2D eigenvalue weighted by Crippen LogP contribution is -2.09. The summed E-state index contributed by atoms with van der Waals surface area (Å²) in [5.74, 6) is 1.85. The number of benzene rings is 2. The lowest BCUT2D eigenvalue weighted by Gasteiger charge is -2.07. The van der Waals surface area contributed by atoms with Crippen LogP contribution in [0.5, 0.6) is 5.75 Å². The van der Waals surface area contributed by atoms with Crippen LogP contribution in [0.1, 0.15) is 6.92 Å². The molecule has 0 saturated heterocycles. The van der Waals surface area contributed by atoms with E-state index in [1.807, 2.05) is 31.2 Å². The van der Waals surface area contributed by atoms with E-state index in [-0.39, 0.29) is 5.97 Å². The van der Waals surface area contributed by atoms with E-state index in [9.17, 15) is 4.79 Å². The number of hydrogen-bond acceptors (Lipinski definition) is 4. The first-order chi connectivity index (χ1) is 9.79. The molecule has 2 aromatic carbocycles. The van der Waals surface area contributed by atoms with Gasteiger partial charge in [0, 0.05) is 5.75 Å². The van der Waals surface area contributed by atoms with Crippen molar-refractivity contribution in [1.82, 2.24) is 0 Å². The number of carbonyl (C=O) groups is 1. The summed E-state index contributed by atoms with van der Waals surface area (Å²) in [5.41, 5.74) is 0. The van der Waals surface area contributed by atoms with Crippen LogP contribution in [0.2, 0.25) is 0 Å².